The van der Waals surface area contributed by atoms with Crippen LogP contribution in [0.3, 0.4) is 0 Å². The minimum Gasteiger partial charge on any atom is -0.227 e. The van der Waals surface area contributed by atoms with Crippen LogP contribution in [-0.4, -0.2) is 23.0 Å². The summed E-state index contributed by atoms with van der Waals surface area (Å²) in [6, 6.07) is 30.2. The number of aryl methyl sites for hydroxylation is 1. The first-order chi connectivity index (χ1) is 16.5. The lowest BCUT2D eigenvalue weighted by atomic mass is 10.1. The van der Waals surface area contributed by atoms with E-state index in [-0.39, 0.29) is 11.4 Å². The molecule has 5 aromatic rings. The maximum Gasteiger partial charge on any atom is 0.240 e. The fourth-order valence-corrected chi connectivity index (χ4v) is 5.38. The second kappa shape index (κ2) is 9.42. The Kier molecular flexibility index (Phi) is 6.19. The summed E-state index contributed by atoms with van der Waals surface area (Å²) in [5, 5.41) is 5.58. The Balaban J connectivity index is 1.56. The smallest absolute Gasteiger partial charge is 0.227 e. The standard InChI is InChI=1S/C26H22N4O2S2/c1-19-12-14-20(15-13-19)26-23(18-27-34(31,32)22-10-6-3-7-11-22)30-24(28-26)16-17-25(29-30)33-21-8-4-2-5-9-21/h2-17,27H,18H2,1H3. The summed E-state index contributed by atoms with van der Waals surface area (Å²) in [5.41, 5.74) is 4.07. The van der Waals surface area contributed by atoms with Crippen molar-refractivity contribution in [2.75, 3.05) is 0 Å². The summed E-state index contributed by atoms with van der Waals surface area (Å²) in [5.74, 6) is 0. The molecule has 0 fully saturated rings. The minimum absolute atomic E-state index is 0.0497. The van der Waals surface area contributed by atoms with Gasteiger partial charge in [-0.3, -0.25) is 0 Å². The van der Waals surface area contributed by atoms with E-state index in [1.165, 1.54) is 0 Å². The molecule has 0 unspecified atom stereocenters. The Hall–Kier alpha value is -3.46. The predicted octanol–water partition coefficient (Wildman–Crippen LogP) is 5.33. The van der Waals surface area contributed by atoms with Crippen molar-refractivity contribution in [2.45, 2.75) is 28.3 Å². The molecule has 0 aliphatic rings. The van der Waals surface area contributed by atoms with Crippen molar-refractivity contribution in [3.63, 3.8) is 0 Å². The van der Waals surface area contributed by atoms with Crippen LogP contribution in [0.25, 0.3) is 16.9 Å². The van der Waals surface area contributed by atoms with E-state index in [2.05, 4.69) is 4.72 Å². The van der Waals surface area contributed by atoms with Gasteiger partial charge in [-0.15, -0.1) is 0 Å². The van der Waals surface area contributed by atoms with Crippen molar-refractivity contribution in [3.05, 3.63) is 108 Å². The number of rotatable bonds is 7. The van der Waals surface area contributed by atoms with E-state index >= 15 is 0 Å². The van der Waals surface area contributed by atoms with Gasteiger partial charge < -0.3 is 0 Å². The maximum atomic E-state index is 12.9. The zero-order valence-electron chi connectivity index (χ0n) is 18.4. The Labute approximate surface area is 202 Å². The molecule has 0 aliphatic heterocycles. The van der Waals surface area contributed by atoms with Gasteiger partial charge in [-0.25, -0.2) is 22.6 Å². The Morgan fingerprint density at radius 3 is 2.24 bits per heavy atom. The van der Waals surface area contributed by atoms with Crippen LogP contribution in [0, 0.1) is 6.92 Å². The first kappa shape index (κ1) is 22.3. The number of imidazole rings is 1. The van der Waals surface area contributed by atoms with Gasteiger partial charge in [0.15, 0.2) is 5.65 Å². The summed E-state index contributed by atoms with van der Waals surface area (Å²) in [6.45, 7) is 2.07. The summed E-state index contributed by atoms with van der Waals surface area (Å²) < 4.78 is 30.3. The van der Waals surface area contributed by atoms with Crippen LogP contribution in [-0.2, 0) is 16.6 Å². The van der Waals surface area contributed by atoms with E-state index in [4.69, 9.17) is 10.1 Å². The minimum atomic E-state index is -3.69. The number of nitrogens with zero attached hydrogens (tertiary/aromatic N) is 3. The van der Waals surface area contributed by atoms with Gasteiger partial charge in [0, 0.05) is 10.5 Å². The van der Waals surface area contributed by atoms with Gasteiger partial charge in [0.2, 0.25) is 10.0 Å². The summed E-state index contributed by atoms with van der Waals surface area (Å²) in [6.07, 6.45) is 0. The maximum absolute atomic E-state index is 12.9. The van der Waals surface area contributed by atoms with Gasteiger partial charge in [0.05, 0.1) is 22.8 Å². The normalized spacial score (nSPS) is 11.7. The average molecular weight is 487 g/mol. The number of fused-ring (bicyclic) bond motifs is 1. The third-order valence-corrected chi connectivity index (χ3v) is 7.67. The number of sulfonamides is 1. The molecule has 0 saturated heterocycles. The second-order valence-electron chi connectivity index (χ2n) is 7.77. The molecule has 6 nitrogen and oxygen atoms in total. The number of nitrogens with one attached hydrogen (secondary N) is 1. The fraction of sp³-hybridized carbons (Fsp3) is 0.0769. The van der Waals surface area contributed by atoms with E-state index in [0.717, 1.165) is 21.0 Å². The molecule has 34 heavy (non-hydrogen) atoms. The predicted molar refractivity (Wildman–Crippen MR) is 134 cm³/mol. The monoisotopic (exact) mass is 486 g/mol. The molecular formula is C26H22N4O2S2. The quantitative estimate of drug-likeness (QED) is 0.336. The molecule has 2 heterocycles. The van der Waals surface area contributed by atoms with Gasteiger partial charge >= 0.3 is 0 Å². The van der Waals surface area contributed by atoms with Crippen molar-refractivity contribution in [1.82, 2.24) is 19.3 Å². The molecule has 8 heteroatoms. The molecule has 0 saturated carbocycles. The van der Waals surface area contributed by atoms with Gasteiger partial charge in [0.25, 0.3) is 0 Å². The third kappa shape index (κ3) is 4.75. The first-order valence-corrected chi connectivity index (χ1v) is 13.0. The van der Waals surface area contributed by atoms with Gasteiger partial charge in [-0.2, -0.15) is 5.10 Å². The summed E-state index contributed by atoms with van der Waals surface area (Å²) >= 11 is 1.54. The largest absolute Gasteiger partial charge is 0.240 e. The molecule has 2 aromatic heterocycles. The van der Waals surface area contributed by atoms with Crippen LogP contribution in [0.15, 0.2) is 112 Å². The number of hydrogen-bond donors (Lipinski definition) is 1. The van der Waals surface area contributed by atoms with E-state index < -0.39 is 10.0 Å². The topological polar surface area (TPSA) is 76.4 Å². The van der Waals surface area contributed by atoms with E-state index in [9.17, 15) is 8.42 Å². The molecule has 3 aromatic carbocycles. The highest BCUT2D eigenvalue weighted by molar-refractivity contribution is 7.99. The molecule has 1 N–H and O–H groups in total. The van der Waals surface area contributed by atoms with Crippen molar-refractivity contribution >= 4 is 27.4 Å². The lowest BCUT2D eigenvalue weighted by Gasteiger charge is -2.09. The van der Waals surface area contributed by atoms with Crippen LogP contribution in [0.1, 0.15) is 11.3 Å². The van der Waals surface area contributed by atoms with Crippen LogP contribution >= 0.6 is 11.8 Å². The molecule has 170 valence electrons. The van der Waals surface area contributed by atoms with Crippen LogP contribution in [0.2, 0.25) is 0 Å². The number of hydrogen-bond acceptors (Lipinski definition) is 5. The average Bonchev–Trinajstić information content (AvgIpc) is 3.22. The molecular weight excluding hydrogens is 464 g/mol. The van der Waals surface area contributed by atoms with Gasteiger partial charge in [-0.1, -0.05) is 78.0 Å². The Bertz CT molecular complexity index is 1530. The SMILES string of the molecule is Cc1ccc(-c2nc3ccc(Sc4ccccc4)nn3c2CNS(=O)(=O)c2ccccc2)cc1. The van der Waals surface area contributed by atoms with Crippen molar-refractivity contribution < 1.29 is 8.42 Å². The zero-order chi connectivity index (χ0) is 23.5. The highest BCUT2D eigenvalue weighted by Crippen LogP contribution is 2.29. The fourth-order valence-electron chi connectivity index (χ4n) is 3.57. The van der Waals surface area contributed by atoms with Crippen LogP contribution in [0.5, 0.6) is 0 Å². The van der Waals surface area contributed by atoms with Crippen molar-refractivity contribution in [2.24, 2.45) is 0 Å². The Morgan fingerprint density at radius 1 is 0.853 bits per heavy atom. The summed E-state index contributed by atoms with van der Waals surface area (Å²) in [7, 11) is -3.69. The van der Waals surface area contributed by atoms with E-state index in [0.29, 0.717) is 17.0 Å². The highest BCUT2D eigenvalue weighted by Gasteiger charge is 2.20. The summed E-state index contributed by atoms with van der Waals surface area (Å²) in [4.78, 5) is 6.08. The molecule has 0 atom stereocenters. The lowest BCUT2D eigenvalue weighted by molar-refractivity contribution is 0.579. The highest BCUT2D eigenvalue weighted by atomic mass is 32.2. The van der Waals surface area contributed by atoms with Crippen molar-refractivity contribution in [3.8, 4) is 11.3 Å². The molecule has 0 bridgehead atoms. The molecule has 0 spiro atoms. The zero-order valence-corrected chi connectivity index (χ0v) is 20.1. The Morgan fingerprint density at radius 2 is 1.53 bits per heavy atom. The van der Waals surface area contributed by atoms with Gasteiger partial charge in [0.1, 0.15) is 5.03 Å². The van der Waals surface area contributed by atoms with Gasteiger partial charge in [-0.05, 0) is 43.3 Å². The molecule has 0 aliphatic carbocycles. The van der Waals surface area contributed by atoms with E-state index in [1.807, 2.05) is 73.7 Å². The lowest BCUT2D eigenvalue weighted by Crippen LogP contribution is -2.24. The molecule has 0 radical (unpaired) electrons. The third-order valence-electron chi connectivity index (χ3n) is 5.32. The number of benzene rings is 3. The number of aromatic nitrogens is 3. The second-order valence-corrected chi connectivity index (χ2v) is 10.6. The van der Waals surface area contributed by atoms with Crippen molar-refractivity contribution in [1.29, 1.82) is 0 Å². The van der Waals surface area contributed by atoms with Crippen LogP contribution in [0.4, 0.5) is 0 Å². The first-order valence-electron chi connectivity index (χ1n) is 10.7. The van der Waals surface area contributed by atoms with Crippen LogP contribution < -0.4 is 4.72 Å². The van der Waals surface area contributed by atoms with E-state index in [1.54, 1.807) is 46.6 Å². The molecule has 5 rings (SSSR count). The molecule has 0 amide bonds.